The van der Waals surface area contributed by atoms with Gasteiger partial charge in [0.25, 0.3) is 5.91 Å². The molecule has 0 fully saturated rings. The second-order valence-corrected chi connectivity index (χ2v) is 7.34. The van der Waals surface area contributed by atoms with Crippen LogP contribution in [0.15, 0.2) is 24.3 Å². The molecule has 1 heterocycles. The van der Waals surface area contributed by atoms with Crippen molar-refractivity contribution >= 4 is 17.8 Å². The summed E-state index contributed by atoms with van der Waals surface area (Å²) in [5.74, 6) is -0.997. The van der Waals surface area contributed by atoms with Crippen molar-refractivity contribution in [1.82, 2.24) is 10.2 Å². The average molecular weight is 346 g/mol. The number of amides is 2. The van der Waals surface area contributed by atoms with Crippen molar-refractivity contribution in [2.45, 2.75) is 53.2 Å². The summed E-state index contributed by atoms with van der Waals surface area (Å²) < 4.78 is 4.93. The molecule has 2 amide bonds. The van der Waals surface area contributed by atoms with Gasteiger partial charge in [0.2, 0.25) is 5.91 Å². The van der Waals surface area contributed by atoms with E-state index in [0.717, 1.165) is 5.56 Å². The number of nitrogens with one attached hydrogen (secondary N) is 1. The molecule has 1 N–H and O–H groups in total. The molecule has 136 valence electrons. The van der Waals surface area contributed by atoms with Crippen LogP contribution >= 0.6 is 0 Å². The number of hydrogen-bond donors (Lipinski definition) is 1. The van der Waals surface area contributed by atoms with Gasteiger partial charge in [-0.15, -0.1) is 0 Å². The van der Waals surface area contributed by atoms with Crippen LogP contribution in [0.5, 0.6) is 0 Å². The van der Waals surface area contributed by atoms with Gasteiger partial charge in [-0.2, -0.15) is 0 Å². The standard InChI is InChI=1S/C19H26N2O4/c1-6-25-18(24)12(2)20-16(22)15(19(3,4)5)21-11-13-9-7-8-10-14(13)17(21)23/h7-10,12,15H,6,11H2,1-5H3,(H,20,22). The number of carbonyl (C=O) groups is 3. The van der Waals surface area contributed by atoms with Crippen LogP contribution < -0.4 is 5.32 Å². The minimum atomic E-state index is -0.766. The van der Waals surface area contributed by atoms with E-state index in [4.69, 9.17) is 4.74 Å². The smallest absolute Gasteiger partial charge is 0.328 e. The van der Waals surface area contributed by atoms with Gasteiger partial charge < -0.3 is 15.0 Å². The molecule has 1 aromatic carbocycles. The molecule has 6 heteroatoms. The van der Waals surface area contributed by atoms with Crippen molar-refractivity contribution in [1.29, 1.82) is 0 Å². The topological polar surface area (TPSA) is 75.7 Å². The van der Waals surface area contributed by atoms with Crippen LogP contribution in [0.1, 0.15) is 50.5 Å². The molecule has 6 nitrogen and oxygen atoms in total. The van der Waals surface area contributed by atoms with E-state index in [-0.39, 0.29) is 18.4 Å². The molecule has 0 saturated heterocycles. The van der Waals surface area contributed by atoms with Crippen molar-refractivity contribution < 1.29 is 19.1 Å². The predicted molar refractivity (Wildman–Crippen MR) is 93.8 cm³/mol. The van der Waals surface area contributed by atoms with Crippen LogP contribution in [0, 0.1) is 5.41 Å². The SMILES string of the molecule is CCOC(=O)C(C)NC(=O)C(N1Cc2ccccc2C1=O)C(C)(C)C. The number of hydrogen-bond acceptors (Lipinski definition) is 4. The average Bonchev–Trinajstić information content (AvgIpc) is 2.83. The Morgan fingerprint density at radius 1 is 1.28 bits per heavy atom. The maximum Gasteiger partial charge on any atom is 0.328 e. The third-order valence-corrected chi connectivity index (χ3v) is 4.23. The summed E-state index contributed by atoms with van der Waals surface area (Å²) in [6.07, 6.45) is 0. The van der Waals surface area contributed by atoms with E-state index < -0.39 is 23.5 Å². The lowest BCUT2D eigenvalue weighted by Crippen LogP contribution is -2.56. The van der Waals surface area contributed by atoms with Gasteiger partial charge in [0, 0.05) is 12.1 Å². The zero-order valence-electron chi connectivity index (χ0n) is 15.5. The molecule has 1 aliphatic rings. The molecule has 0 saturated carbocycles. The first-order valence-electron chi connectivity index (χ1n) is 8.52. The Balaban J connectivity index is 2.22. The Morgan fingerprint density at radius 2 is 1.92 bits per heavy atom. The summed E-state index contributed by atoms with van der Waals surface area (Å²) in [5, 5.41) is 2.69. The number of carbonyl (C=O) groups excluding carboxylic acids is 3. The monoisotopic (exact) mass is 346 g/mol. The van der Waals surface area contributed by atoms with Crippen LogP contribution in [0.3, 0.4) is 0 Å². The van der Waals surface area contributed by atoms with E-state index in [1.165, 1.54) is 0 Å². The van der Waals surface area contributed by atoms with Crippen LogP contribution in [0.2, 0.25) is 0 Å². The van der Waals surface area contributed by atoms with Gasteiger partial charge in [-0.1, -0.05) is 39.0 Å². The Kier molecular flexibility index (Phi) is 5.50. The lowest BCUT2D eigenvalue weighted by atomic mass is 9.84. The largest absolute Gasteiger partial charge is 0.464 e. The predicted octanol–water partition coefficient (Wildman–Crippen LogP) is 2.12. The Hall–Kier alpha value is -2.37. The second kappa shape index (κ2) is 7.25. The summed E-state index contributed by atoms with van der Waals surface area (Å²) >= 11 is 0. The molecule has 0 aromatic heterocycles. The highest BCUT2D eigenvalue weighted by molar-refractivity contribution is 6.01. The molecule has 25 heavy (non-hydrogen) atoms. The van der Waals surface area contributed by atoms with Crippen molar-refractivity contribution in [3.05, 3.63) is 35.4 Å². The van der Waals surface area contributed by atoms with E-state index in [9.17, 15) is 14.4 Å². The van der Waals surface area contributed by atoms with Crippen LogP contribution in [-0.4, -0.2) is 41.4 Å². The number of ether oxygens (including phenoxy) is 1. The molecule has 2 atom stereocenters. The number of fused-ring (bicyclic) bond motifs is 1. The van der Waals surface area contributed by atoms with E-state index >= 15 is 0 Å². The van der Waals surface area contributed by atoms with Crippen LogP contribution in [0.25, 0.3) is 0 Å². The van der Waals surface area contributed by atoms with Crippen molar-refractivity contribution in [2.24, 2.45) is 5.41 Å². The molecule has 1 aliphatic heterocycles. The minimum absolute atomic E-state index is 0.158. The number of rotatable bonds is 5. The highest BCUT2D eigenvalue weighted by atomic mass is 16.5. The highest BCUT2D eigenvalue weighted by Gasteiger charge is 2.43. The normalized spacial score (nSPS) is 16.2. The first-order valence-corrected chi connectivity index (χ1v) is 8.52. The number of nitrogens with zero attached hydrogens (tertiary/aromatic N) is 1. The molecule has 2 rings (SSSR count). The van der Waals surface area contributed by atoms with Crippen LogP contribution in [-0.2, 0) is 20.9 Å². The van der Waals surface area contributed by atoms with E-state index in [0.29, 0.717) is 12.1 Å². The van der Waals surface area contributed by atoms with E-state index in [1.54, 1.807) is 24.8 Å². The third kappa shape index (κ3) is 4.00. The molecular weight excluding hydrogens is 320 g/mol. The molecule has 0 radical (unpaired) electrons. The molecule has 2 unspecified atom stereocenters. The highest BCUT2D eigenvalue weighted by Crippen LogP contribution is 2.32. The molecule has 0 aliphatic carbocycles. The Bertz CT molecular complexity index is 678. The van der Waals surface area contributed by atoms with Gasteiger partial charge in [0.1, 0.15) is 12.1 Å². The zero-order chi connectivity index (χ0) is 18.8. The Labute approximate surface area is 148 Å². The maximum atomic E-state index is 12.9. The van der Waals surface area contributed by atoms with Crippen LogP contribution in [0.4, 0.5) is 0 Å². The quantitative estimate of drug-likeness (QED) is 0.829. The number of benzene rings is 1. The fraction of sp³-hybridized carbons (Fsp3) is 0.526. The molecule has 0 spiro atoms. The van der Waals surface area contributed by atoms with Gasteiger partial charge in [0.15, 0.2) is 0 Å². The lowest BCUT2D eigenvalue weighted by molar-refractivity contribution is -0.147. The fourth-order valence-corrected chi connectivity index (χ4v) is 3.11. The van der Waals surface area contributed by atoms with Gasteiger partial charge in [-0.3, -0.25) is 9.59 Å². The molecular formula is C19H26N2O4. The third-order valence-electron chi connectivity index (χ3n) is 4.23. The lowest BCUT2D eigenvalue weighted by Gasteiger charge is -2.37. The van der Waals surface area contributed by atoms with Gasteiger partial charge in [-0.25, -0.2) is 4.79 Å². The molecule has 1 aromatic rings. The summed E-state index contributed by atoms with van der Waals surface area (Å²) in [6, 6.07) is 5.91. The first kappa shape index (κ1) is 19.0. The zero-order valence-corrected chi connectivity index (χ0v) is 15.5. The Morgan fingerprint density at radius 3 is 2.48 bits per heavy atom. The van der Waals surface area contributed by atoms with Gasteiger partial charge in [0.05, 0.1) is 6.61 Å². The van der Waals surface area contributed by atoms with E-state index in [1.807, 2.05) is 39.0 Å². The summed E-state index contributed by atoms with van der Waals surface area (Å²) in [5.41, 5.74) is 1.05. The van der Waals surface area contributed by atoms with Crippen molar-refractivity contribution in [3.63, 3.8) is 0 Å². The first-order chi connectivity index (χ1) is 11.7. The summed E-state index contributed by atoms with van der Waals surface area (Å²) in [4.78, 5) is 39.0. The maximum absolute atomic E-state index is 12.9. The van der Waals surface area contributed by atoms with E-state index in [2.05, 4.69) is 5.32 Å². The second-order valence-electron chi connectivity index (χ2n) is 7.34. The van der Waals surface area contributed by atoms with Crippen molar-refractivity contribution in [2.75, 3.05) is 6.61 Å². The van der Waals surface area contributed by atoms with Gasteiger partial charge >= 0.3 is 5.97 Å². The number of esters is 1. The summed E-state index contributed by atoms with van der Waals surface area (Å²) in [6.45, 7) is 9.65. The summed E-state index contributed by atoms with van der Waals surface area (Å²) in [7, 11) is 0. The minimum Gasteiger partial charge on any atom is -0.464 e. The molecule has 0 bridgehead atoms. The fourth-order valence-electron chi connectivity index (χ4n) is 3.11. The van der Waals surface area contributed by atoms with Gasteiger partial charge in [-0.05, 0) is 30.9 Å². The van der Waals surface area contributed by atoms with Crippen molar-refractivity contribution in [3.8, 4) is 0 Å².